The topological polar surface area (TPSA) is 110 Å². The summed E-state index contributed by atoms with van der Waals surface area (Å²) in [6.07, 6.45) is 0. The number of phenols is 1. The van der Waals surface area contributed by atoms with Gasteiger partial charge in [-0.1, -0.05) is 0 Å². The van der Waals surface area contributed by atoms with Gasteiger partial charge in [-0.05, 0) is 29.8 Å². The molecule has 0 aliphatic rings. The molecule has 17 heavy (non-hydrogen) atoms. The smallest absolute Gasteiger partial charge is 0.276 e. The number of hydrogen-bond donors (Lipinski definition) is 3. The van der Waals surface area contributed by atoms with Crippen molar-refractivity contribution in [3.05, 3.63) is 31.3 Å². The summed E-state index contributed by atoms with van der Waals surface area (Å²) in [6, 6.07) is -0.856. The van der Waals surface area contributed by atoms with E-state index in [0.717, 1.165) is 0 Å². The first-order chi connectivity index (χ1) is 7.82. The van der Waals surface area contributed by atoms with E-state index in [2.05, 4.69) is 15.9 Å². The highest BCUT2D eigenvalue weighted by Crippen LogP contribution is 2.42. The van der Waals surface area contributed by atoms with E-state index < -0.39 is 17.6 Å². The summed E-state index contributed by atoms with van der Waals surface area (Å²) in [5.74, 6) is -0.160. The molecule has 0 aliphatic carbocycles. The molecule has 7 heteroatoms. The van der Waals surface area contributed by atoms with Gasteiger partial charge in [0.25, 0.3) is 5.69 Å². The van der Waals surface area contributed by atoms with Crippen LogP contribution < -0.4 is 5.73 Å². The van der Waals surface area contributed by atoms with Crippen LogP contribution in [0.15, 0.2) is 4.47 Å². The average molecular weight is 305 g/mol. The molecule has 0 saturated carbocycles. The molecule has 0 bridgehead atoms. The number of nitrogens with two attached hydrogens (primary N) is 1. The Kier molecular flexibility index (Phi) is 4.07. The number of rotatable bonds is 3. The van der Waals surface area contributed by atoms with Crippen LogP contribution in [0.2, 0.25) is 0 Å². The van der Waals surface area contributed by atoms with Gasteiger partial charge in [-0.15, -0.1) is 0 Å². The maximum absolute atomic E-state index is 11.0. The fourth-order valence-corrected chi connectivity index (χ4v) is 2.21. The Hall–Kier alpha value is -1.18. The van der Waals surface area contributed by atoms with E-state index in [9.17, 15) is 15.2 Å². The first kappa shape index (κ1) is 13.9. The normalized spacial score (nSPS) is 12.5. The number of phenolic OH excluding ortho intramolecular Hbond substituents is 1. The lowest BCUT2D eigenvalue weighted by Crippen LogP contribution is -2.17. The highest BCUT2D eigenvalue weighted by atomic mass is 79.9. The third-order valence-electron chi connectivity index (χ3n) is 2.66. The van der Waals surface area contributed by atoms with Crippen molar-refractivity contribution in [2.75, 3.05) is 6.61 Å². The van der Waals surface area contributed by atoms with Crippen molar-refractivity contribution < 1.29 is 15.1 Å². The van der Waals surface area contributed by atoms with Crippen LogP contribution in [-0.2, 0) is 0 Å². The van der Waals surface area contributed by atoms with Gasteiger partial charge in [-0.2, -0.15) is 0 Å². The van der Waals surface area contributed by atoms with Crippen LogP contribution in [0, 0.1) is 24.0 Å². The summed E-state index contributed by atoms with van der Waals surface area (Å²) in [4.78, 5) is 10.4. The van der Waals surface area contributed by atoms with Crippen molar-refractivity contribution in [1.29, 1.82) is 0 Å². The molecule has 0 heterocycles. The summed E-state index contributed by atoms with van der Waals surface area (Å²) in [5, 5.41) is 29.9. The Morgan fingerprint density at radius 3 is 2.41 bits per heavy atom. The number of hydrogen-bond acceptors (Lipinski definition) is 5. The van der Waals surface area contributed by atoms with Crippen molar-refractivity contribution in [2.24, 2.45) is 5.73 Å². The molecule has 0 unspecified atom stereocenters. The van der Waals surface area contributed by atoms with Crippen LogP contribution in [0.1, 0.15) is 22.7 Å². The van der Waals surface area contributed by atoms with Gasteiger partial charge >= 0.3 is 0 Å². The van der Waals surface area contributed by atoms with E-state index in [4.69, 9.17) is 10.8 Å². The SMILES string of the molecule is Cc1c(Br)c(O)c([C@H](N)CO)c(C)c1[N+](=O)[O-]. The van der Waals surface area contributed by atoms with Gasteiger partial charge in [0.15, 0.2) is 0 Å². The van der Waals surface area contributed by atoms with E-state index in [1.165, 1.54) is 13.8 Å². The van der Waals surface area contributed by atoms with Gasteiger partial charge in [0, 0.05) is 16.7 Å². The molecular weight excluding hydrogens is 292 g/mol. The zero-order chi connectivity index (χ0) is 13.3. The molecule has 0 fully saturated rings. The van der Waals surface area contributed by atoms with Gasteiger partial charge in [0.2, 0.25) is 0 Å². The van der Waals surface area contributed by atoms with E-state index in [-0.39, 0.29) is 27.0 Å². The lowest BCUT2D eigenvalue weighted by molar-refractivity contribution is -0.386. The summed E-state index contributed by atoms with van der Waals surface area (Å²) in [7, 11) is 0. The predicted molar refractivity (Wildman–Crippen MR) is 65.9 cm³/mol. The minimum Gasteiger partial charge on any atom is -0.506 e. The average Bonchev–Trinajstić information content (AvgIpc) is 2.25. The number of halogens is 1. The Morgan fingerprint density at radius 1 is 1.47 bits per heavy atom. The summed E-state index contributed by atoms with van der Waals surface area (Å²) < 4.78 is 0.230. The van der Waals surface area contributed by atoms with Crippen molar-refractivity contribution in [3.8, 4) is 5.75 Å². The van der Waals surface area contributed by atoms with Gasteiger partial charge in [-0.3, -0.25) is 10.1 Å². The summed E-state index contributed by atoms with van der Waals surface area (Å²) in [5.41, 5.74) is 6.32. The van der Waals surface area contributed by atoms with Crippen LogP contribution in [-0.4, -0.2) is 21.7 Å². The number of benzene rings is 1. The maximum atomic E-state index is 11.0. The highest BCUT2D eigenvalue weighted by molar-refractivity contribution is 9.10. The second-order valence-corrected chi connectivity index (χ2v) is 4.51. The molecule has 0 spiro atoms. The fourth-order valence-electron chi connectivity index (χ4n) is 1.81. The lowest BCUT2D eigenvalue weighted by Gasteiger charge is -2.17. The Bertz CT molecular complexity index is 476. The van der Waals surface area contributed by atoms with Crippen LogP contribution in [0.5, 0.6) is 5.75 Å². The Labute approximate surface area is 106 Å². The zero-order valence-corrected chi connectivity index (χ0v) is 11.0. The molecule has 1 atom stereocenters. The number of nitro benzene ring substituents is 1. The second kappa shape index (κ2) is 4.99. The van der Waals surface area contributed by atoms with Crippen molar-refractivity contribution in [2.45, 2.75) is 19.9 Å². The van der Waals surface area contributed by atoms with Crippen LogP contribution in [0.4, 0.5) is 5.69 Å². The molecule has 1 aromatic carbocycles. The third-order valence-corrected chi connectivity index (χ3v) is 3.63. The third kappa shape index (κ3) is 2.26. The van der Waals surface area contributed by atoms with E-state index in [1.807, 2.05) is 0 Å². The lowest BCUT2D eigenvalue weighted by atomic mass is 9.96. The summed E-state index contributed by atoms with van der Waals surface area (Å²) in [6.45, 7) is 2.63. The molecule has 1 rings (SSSR count). The van der Waals surface area contributed by atoms with Crippen molar-refractivity contribution >= 4 is 21.6 Å². The van der Waals surface area contributed by atoms with Gasteiger partial charge in [-0.25, -0.2) is 0 Å². The van der Waals surface area contributed by atoms with Crippen LogP contribution in [0.25, 0.3) is 0 Å². The van der Waals surface area contributed by atoms with Crippen molar-refractivity contribution in [1.82, 2.24) is 0 Å². The first-order valence-corrected chi connectivity index (χ1v) is 5.64. The zero-order valence-electron chi connectivity index (χ0n) is 9.40. The maximum Gasteiger partial charge on any atom is 0.276 e. The number of nitro groups is 1. The molecule has 0 aliphatic heterocycles. The Balaban J connectivity index is 3.67. The van der Waals surface area contributed by atoms with Gasteiger partial charge in [0.05, 0.1) is 22.0 Å². The van der Waals surface area contributed by atoms with E-state index >= 15 is 0 Å². The molecular formula is C10H13BrN2O4. The minimum atomic E-state index is -0.856. The van der Waals surface area contributed by atoms with Crippen molar-refractivity contribution in [3.63, 3.8) is 0 Å². The highest BCUT2D eigenvalue weighted by Gasteiger charge is 2.27. The quantitative estimate of drug-likeness (QED) is 0.581. The molecule has 0 radical (unpaired) electrons. The van der Waals surface area contributed by atoms with E-state index in [0.29, 0.717) is 5.56 Å². The number of aliphatic hydroxyl groups excluding tert-OH is 1. The number of aliphatic hydroxyl groups is 1. The first-order valence-electron chi connectivity index (χ1n) is 4.85. The molecule has 1 aromatic rings. The molecule has 0 amide bonds. The second-order valence-electron chi connectivity index (χ2n) is 3.72. The van der Waals surface area contributed by atoms with E-state index in [1.54, 1.807) is 0 Å². The fraction of sp³-hybridized carbons (Fsp3) is 0.400. The molecule has 4 N–H and O–H groups in total. The number of nitrogens with zero attached hydrogens (tertiary/aromatic N) is 1. The van der Waals surface area contributed by atoms with Gasteiger partial charge < -0.3 is 15.9 Å². The van der Waals surface area contributed by atoms with Crippen LogP contribution >= 0.6 is 15.9 Å². The Morgan fingerprint density at radius 2 is 2.00 bits per heavy atom. The van der Waals surface area contributed by atoms with Gasteiger partial charge in [0.1, 0.15) is 5.75 Å². The standard InChI is InChI=1S/C10H13BrN2O4/c1-4-7(6(12)3-14)10(15)8(11)5(2)9(4)13(16)17/h6,14-15H,3,12H2,1-2H3/t6-/m1/s1. The van der Waals surface area contributed by atoms with Crippen LogP contribution in [0.3, 0.4) is 0 Å². The monoisotopic (exact) mass is 304 g/mol. The molecule has 0 aromatic heterocycles. The molecule has 94 valence electrons. The predicted octanol–water partition coefficient (Wildman–Crippen LogP) is 1.67. The largest absolute Gasteiger partial charge is 0.506 e. The number of aromatic hydroxyl groups is 1. The molecule has 0 saturated heterocycles. The minimum absolute atomic E-state index is 0.103. The summed E-state index contributed by atoms with van der Waals surface area (Å²) >= 11 is 3.09. The molecule has 6 nitrogen and oxygen atoms in total.